The van der Waals surface area contributed by atoms with Gasteiger partial charge in [-0.25, -0.2) is 0 Å². The monoisotopic (exact) mass is 355 g/mol. The van der Waals surface area contributed by atoms with Crippen LogP contribution < -0.4 is 4.90 Å². The summed E-state index contributed by atoms with van der Waals surface area (Å²) in [6.07, 6.45) is 1.10. The van der Waals surface area contributed by atoms with E-state index >= 15 is 0 Å². The van der Waals surface area contributed by atoms with Gasteiger partial charge in [-0.05, 0) is 60.5 Å². The lowest BCUT2D eigenvalue weighted by Gasteiger charge is -2.25. The van der Waals surface area contributed by atoms with Crippen molar-refractivity contribution in [3.8, 4) is 10.4 Å². The van der Waals surface area contributed by atoms with Crippen LogP contribution in [0.2, 0.25) is 0 Å². The van der Waals surface area contributed by atoms with E-state index in [0.29, 0.717) is 0 Å². The second kappa shape index (κ2) is 7.59. The molecule has 0 unspecified atom stereocenters. The molecule has 128 valence electrons. The predicted octanol–water partition coefficient (Wildman–Crippen LogP) is 7.45. The first-order valence-corrected chi connectivity index (χ1v) is 9.76. The maximum absolute atomic E-state index is 2.29. The minimum atomic E-state index is 1.10. The third kappa shape index (κ3) is 3.42. The number of benzene rings is 3. The smallest absolute Gasteiger partial charge is 0.0462 e. The highest BCUT2D eigenvalue weighted by molar-refractivity contribution is 7.15. The SMILES string of the molecule is CCc1ccc(-c2ccc(N(c3ccccc3)c3ccccc3)cc2)s1. The molecule has 3 aromatic carbocycles. The first-order valence-electron chi connectivity index (χ1n) is 8.94. The Bertz CT molecular complexity index is 917. The first-order chi connectivity index (χ1) is 12.8. The number of anilines is 3. The van der Waals surface area contributed by atoms with Crippen molar-refractivity contribution in [2.45, 2.75) is 13.3 Å². The molecule has 1 heterocycles. The van der Waals surface area contributed by atoms with Crippen LogP contribution in [0, 0.1) is 0 Å². The van der Waals surface area contributed by atoms with E-state index in [1.807, 2.05) is 11.3 Å². The minimum Gasteiger partial charge on any atom is -0.311 e. The van der Waals surface area contributed by atoms with Gasteiger partial charge in [0, 0.05) is 26.8 Å². The standard InChI is InChI=1S/C24H21NS/c1-2-23-17-18-24(26-23)19-13-15-22(16-14-19)25(20-9-5-3-6-10-20)21-11-7-4-8-12-21/h3-18H,2H2,1H3. The van der Waals surface area contributed by atoms with Gasteiger partial charge in [0.2, 0.25) is 0 Å². The largest absolute Gasteiger partial charge is 0.311 e. The second-order valence-corrected chi connectivity index (χ2v) is 7.34. The van der Waals surface area contributed by atoms with E-state index in [4.69, 9.17) is 0 Å². The zero-order valence-corrected chi connectivity index (χ0v) is 15.6. The fourth-order valence-electron chi connectivity index (χ4n) is 3.10. The van der Waals surface area contributed by atoms with E-state index in [0.717, 1.165) is 17.8 Å². The van der Waals surface area contributed by atoms with Crippen LogP contribution >= 0.6 is 11.3 Å². The van der Waals surface area contributed by atoms with Gasteiger partial charge in [0.25, 0.3) is 0 Å². The van der Waals surface area contributed by atoms with Gasteiger partial charge in [0.05, 0.1) is 0 Å². The van der Waals surface area contributed by atoms with Crippen LogP contribution in [0.15, 0.2) is 97.1 Å². The van der Waals surface area contributed by atoms with Crippen LogP contribution in [0.5, 0.6) is 0 Å². The number of nitrogens with zero attached hydrogens (tertiary/aromatic N) is 1. The van der Waals surface area contributed by atoms with E-state index in [1.165, 1.54) is 21.0 Å². The zero-order chi connectivity index (χ0) is 17.8. The molecule has 26 heavy (non-hydrogen) atoms. The first kappa shape index (κ1) is 16.6. The molecule has 0 saturated carbocycles. The molecule has 0 radical (unpaired) electrons. The number of hydrogen-bond acceptors (Lipinski definition) is 2. The average molecular weight is 356 g/mol. The van der Waals surface area contributed by atoms with Crippen molar-refractivity contribution in [1.29, 1.82) is 0 Å². The number of para-hydroxylation sites is 2. The van der Waals surface area contributed by atoms with Crippen molar-refractivity contribution in [2.75, 3.05) is 4.90 Å². The summed E-state index contributed by atoms with van der Waals surface area (Å²) in [7, 11) is 0. The van der Waals surface area contributed by atoms with E-state index in [9.17, 15) is 0 Å². The third-order valence-corrected chi connectivity index (χ3v) is 5.73. The lowest BCUT2D eigenvalue weighted by molar-refractivity contribution is 1.19. The molecule has 0 amide bonds. The summed E-state index contributed by atoms with van der Waals surface area (Å²) in [6, 6.07) is 34.3. The highest BCUT2D eigenvalue weighted by Gasteiger charge is 2.12. The molecular weight excluding hydrogens is 334 g/mol. The number of hydrogen-bond donors (Lipinski definition) is 0. The lowest BCUT2D eigenvalue weighted by atomic mass is 10.1. The fraction of sp³-hybridized carbons (Fsp3) is 0.0833. The molecule has 0 fully saturated rings. The zero-order valence-electron chi connectivity index (χ0n) is 14.8. The average Bonchev–Trinajstić information content (AvgIpc) is 3.20. The van der Waals surface area contributed by atoms with Crippen LogP contribution in [0.4, 0.5) is 17.1 Å². The quantitative estimate of drug-likeness (QED) is 0.359. The normalized spacial score (nSPS) is 10.7. The highest BCUT2D eigenvalue weighted by Crippen LogP contribution is 2.36. The van der Waals surface area contributed by atoms with Gasteiger partial charge in [0.15, 0.2) is 0 Å². The summed E-state index contributed by atoms with van der Waals surface area (Å²) >= 11 is 1.88. The molecule has 0 aliphatic rings. The maximum Gasteiger partial charge on any atom is 0.0462 e. The third-order valence-electron chi connectivity index (χ3n) is 4.45. The fourth-order valence-corrected chi connectivity index (χ4v) is 4.05. The van der Waals surface area contributed by atoms with Crippen LogP contribution in [0.1, 0.15) is 11.8 Å². The topological polar surface area (TPSA) is 3.24 Å². The summed E-state index contributed by atoms with van der Waals surface area (Å²) in [4.78, 5) is 5.05. The molecule has 0 N–H and O–H groups in total. The summed E-state index contributed by atoms with van der Waals surface area (Å²) in [6.45, 7) is 2.20. The molecule has 0 aliphatic carbocycles. The van der Waals surface area contributed by atoms with Gasteiger partial charge >= 0.3 is 0 Å². The molecule has 0 saturated heterocycles. The van der Waals surface area contributed by atoms with Gasteiger partial charge in [0.1, 0.15) is 0 Å². The van der Waals surface area contributed by atoms with Gasteiger partial charge in [-0.3, -0.25) is 0 Å². The van der Waals surface area contributed by atoms with Crippen LogP contribution in [-0.4, -0.2) is 0 Å². The van der Waals surface area contributed by atoms with Gasteiger partial charge in [-0.1, -0.05) is 55.5 Å². The van der Waals surface area contributed by atoms with Crippen molar-refractivity contribution in [2.24, 2.45) is 0 Å². The van der Waals surface area contributed by atoms with E-state index < -0.39 is 0 Å². The van der Waals surface area contributed by atoms with Crippen molar-refractivity contribution < 1.29 is 0 Å². The Morgan fingerprint density at radius 3 is 1.65 bits per heavy atom. The molecule has 0 bridgehead atoms. The van der Waals surface area contributed by atoms with Gasteiger partial charge in [-0.2, -0.15) is 0 Å². The molecule has 1 aromatic heterocycles. The molecule has 4 rings (SSSR count). The van der Waals surface area contributed by atoms with Gasteiger partial charge < -0.3 is 4.90 Å². The molecule has 0 aliphatic heterocycles. The van der Waals surface area contributed by atoms with Crippen molar-refractivity contribution in [3.63, 3.8) is 0 Å². The van der Waals surface area contributed by atoms with Crippen molar-refractivity contribution in [3.05, 3.63) is 102 Å². The highest BCUT2D eigenvalue weighted by atomic mass is 32.1. The van der Waals surface area contributed by atoms with E-state index in [1.54, 1.807) is 0 Å². The Kier molecular flexibility index (Phi) is 4.85. The summed E-state index contributed by atoms with van der Waals surface area (Å²) in [5, 5.41) is 0. The summed E-state index contributed by atoms with van der Waals surface area (Å²) < 4.78 is 0. The summed E-state index contributed by atoms with van der Waals surface area (Å²) in [5.74, 6) is 0. The number of aryl methyl sites for hydroxylation is 1. The Morgan fingerprint density at radius 1 is 0.615 bits per heavy atom. The second-order valence-electron chi connectivity index (χ2n) is 6.17. The molecular formula is C24H21NS. The maximum atomic E-state index is 2.29. The summed E-state index contributed by atoms with van der Waals surface area (Å²) in [5.41, 5.74) is 4.77. The Balaban J connectivity index is 1.72. The Hall–Kier alpha value is -2.84. The predicted molar refractivity (Wildman–Crippen MR) is 114 cm³/mol. The Labute approximate surface area is 159 Å². The van der Waals surface area contributed by atoms with Crippen LogP contribution in [0.3, 0.4) is 0 Å². The lowest BCUT2D eigenvalue weighted by Crippen LogP contribution is -2.09. The molecule has 1 nitrogen and oxygen atoms in total. The van der Waals surface area contributed by atoms with E-state index in [-0.39, 0.29) is 0 Å². The van der Waals surface area contributed by atoms with E-state index in [2.05, 4.69) is 109 Å². The molecule has 4 aromatic rings. The van der Waals surface area contributed by atoms with Gasteiger partial charge in [-0.15, -0.1) is 11.3 Å². The van der Waals surface area contributed by atoms with Crippen LogP contribution in [0.25, 0.3) is 10.4 Å². The van der Waals surface area contributed by atoms with Crippen molar-refractivity contribution in [1.82, 2.24) is 0 Å². The Morgan fingerprint density at radius 2 is 1.15 bits per heavy atom. The number of rotatable bonds is 5. The van der Waals surface area contributed by atoms with Crippen molar-refractivity contribution >= 4 is 28.4 Å². The number of thiophene rings is 1. The van der Waals surface area contributed by atoms with Crippen LogP contribution in [-0.2, 0) is 6.42 Å². The molecule has 2 heteroatoms. The molecule has 0 atom stereocenters. The molecule has 0 spiro atoms. The minimum absolute atomic E-state index is 1.10.